The summed E-state index contributed by atoms with van der Waals surface area (Å²) in [6, 6.07) is 4.84. The Morgan fingerprint density at radius 1 is 1.12 bits per heavy atom. The molecular weight excluding hydrogens is 339 g/mol. The van der Waals surface area contributed by atoms with Crippen molar-refractivity contribution in [2.45, 2.75) is 33.2 Å². The van der Waals surface area contributed by atoms with Crippen molar-refractivity contribution in [2.24, 2.45) is 0 Å². The first kappa shape index (κ1) is 20.8. The highest BCUT2D eigenvalue weighted by Gasteiger charge is 2.30. The van der Waals surface area contributed by atoms with Crippen LogP contribution in [0.3, 0.4) is 0 Å². The van der Waals surface area contributed by atoms with Crippen LogP contribution < -0.4 is 15.4 Å². The number of rotatable bonds is 8. The molecule has 140 valence electrons. The van der Waals surface area contributed by atoms with Crippen LogP contribution in [-0.2, 0) is 9.59 Å². The highest BCUT2D eigenvalue weighted by molar-refractivity contribution is 5.92. The van der Waals surface area contributed by atoms with Crippen LogP contribution in [0.25, 0.3) is 0 Å². The van der Waals surface area contributed by atoms with Gasteiger partial charge < -0.3 is 15.4 Å². The third kappa shape index (κ3) is 8.94. The van der Waals surface area contributed by atoms with Gasteiger partial charge in [0.15, 0.2) is 0 Å². The minimum atomic E-state index is -4.76. The van der Waals surface area contributed by atoms with Crippen LogP contribution in [0.2, 0.25) is 0 Å². The summed E-state index contributed by atoms with van der Waals surface area (Å²) < 4.78 is 40.0. The van der Waals surface area contributed by atoms with Crippen LogP contribution in [0.4, 0.5) is 18.9 Å². The number of hydrogen-bond acceptors (Lipinski definition) is 4. The highest BCUT2D eigenvalue weighted by atomic mass is 19.4. The molecule has 1 aromatic carbocycles. The molecule has 0 heterocycles. The predicted molar refractivity (Wildman–Crippen MR) is 87.1 cm³/mol. The number of nitrogens with zero attached hydrogens (tertiary/aromatic N) is 1. The Labute approximate surface area is 144 Å². The van der Waals surface area contributed by atoms with Gasteiger partial charge >= 0.3 is 6.36 Å². The molecule has 0 radical (unpaired) electrons. The number of nitrogens with one attached hydrogen (secondary N) is 2. The third-order valence-corrected chi connectivity index (χ3v) is 3.00. The van der Waals surface area contributed by atoms with Crippen molar-refractivity contribution in [3.63, 3.8) is 0 Å². The lowest BCUT2D eigenvalue weighted by Crippen LogP contribution is -2.42. The van der Waals surface area contributed by atoms with Gasteiger partial charge in [-0.25, -0.2) is 0 Å². The van der Waals surface area contributed by atoms with E-state index in [1.54, 1.807) is 4.90 Å². The second-order valence-electron chi connectivity index (χ2n) is 5.65. The summed E-state index contributed by atoms with van der Waals surface area (Å²) in [6.45, 7) is 6.07. The van der Waals surface area contributed by atoms with Gasteiger partial charge in [0, 0.05) is 11.7 Å². The zero-order chi connectivity index (χ0) is 19.0. The summed E-state index contributed by atoms with van der Waals surface area (Å²) in [7, 11) is 0. The molecule has 0 spiro atoms. The van der Waals surface area contributed by atoms with Crippen LogP contribution in [-0.4, -0.2) is 48.8 Å². The largest absolute Gasteiger partial charge is 0.573 e. The molecule has 2 amide bonds. The molecule has 0 unspecified atom stereocenters. The van der Waals surface area contributed by atoms with Crippen molar-refractivity contribution in [3.8, 4) is 5.75 Å². The summed E-state index contributed by atoms with van der Waals surface area (Å²) >= 11 is 0. The molecule has 0 aliphatic heterocycles. The minimum absolute atomic E-state index is 0.0111. The summed E-state index contributed by atoms with van der Waals surface area (Å²) in [6.07, 6.45) is -4.76. The second kappa shape index (κ2) is 9.26. The Kier molecular flexibility index (Phi) is 7.69. The number of carbonyl (C=O) groups excluding carboxylic acids is 2. The van der Waals surface area contributed by atoms with E-state index in [1.165, 1.54) is 12.1 Å². The number of alkyl halides is 3. The lowest BCUT2D eigenvalue weighted by molar-refractivity contribution is -0.274. The van der Waals surface area contributed by atoms with Gasteiger partial charge in [0.2, 0.25) is 11.8 Å². The van der Waals surface area contributed by atoms with Crippen molar-refractivity contribution < 1.29 is 27.5 Å². The lowest BCUT2D eigenvalue weighted by atomic mass is 10.3. The van der Waals surface area contributed by atoms with Gasteiger partial charge in [-0.05, 0) is 44.7 Å². The molecule has 0 aliphatic carbocycles. The van der Waals surface area contributed by atoms with Crippen molar-refractivity contribution in [2.75, 3.05) is 25.0 Å². The van der Waals surface area contributed by atoms with Gasteiger partial charge in [-0.2, -0.15) is 0 Å². The fourth-order valence-corrected chi connectivity index (χ4v) is 1.99. The van der Waals surface area contributed by atoms with Crippen LogP contribution >= 0.6 is 0 Å². The van der Waals surface area contributed by atoms with Crippen molar-refractivity contribution in [1.29, 1.82) is 0 Å². The van der Waals surface area contributed by atoms with E-state index in [0.29, 0.717) is 12.2 Å². The summed E-state index contributed by atoms with van der Waals surface area (Å²) in [5, 5.41) is 5.30. The molecule has 1 rings (SSSR count). The first-order chi connectivity index (χ1) is 11.6. The molecule has 0 fully saturated rings. The van der Waals surface area contributed by atoms with E-state index >= 15 is 0 Å². The molecule has 6 nitrogen and oxygen atoms in total. The number of carbonyl (C=O) groups is 2. The Hall–Kier alpha value is -2.29. The van der Waals surface area contributed by atoms with E-state index in [0.717, 1.165) is 12.1 Å². The van der Waals surface area contributed by atoms with E-state index in [4.69, 9.17) is 0 Å². The quantitative estimate of drug-likeness (QED) is 0.746. The summed E-state index contributed by atoms with van der Waals surface area (Å²) in [4.78, 5) is 25.4. The van der Waals surface area contributed by atoms with E-state index < -0.39 is 6.36 Å². The summed E-state index contributed by atoms with van der Waals surface area (Å²) in [5.74, 6) is -0.923. The molecule has 25 heavy (non-hydrogen) atoms. The molecule has 0 aromatic heterocycles. The zero-order valence-electron chi connectivity index (χ0n) is 14.3. The topological polar surface area (TPSA) is 70.7 Å². The molecule has 1 aromatic rings. The lowest BCUT2D eigenvalue weighted by Gasteiger charge is -2.20. The maximum Gasteiger partial charge on any atom is 0.573 e. The van der Waals surface area contributed by atoms with E-state index in [2.05, 4.69) is 15.4 Å². The number of ether oxygens (including phenoxy) is 1. The molecule has 0 saturated heterocycles. The third-order valence-electron chi connectivity index (χ3n) is 3.00. The van der Waals surface area contributed by atoms with Crippen molar-refractivity contribution in [1.82, 2.24) is 10.2 Å². The van der Waals surface area contributed by atoms with Crippen LogP contribution in [0.1, 0.15) is 20.8 Å². The first-order valence-electron chi connectivity index (χ1n) is 7.76. The normalized spacial score (nSPS) is 11.5. The minimum Gasteiger partial charge on any atom is -0.406 e. The van der Waals surface area contributed by atoms with Crippen LogP contribution in [0.5, 0.6) is 5.75 Å². The molecule has 0 bridgehead atoms. The number of benzene rings is 1. The molecule has 0 saturated carbocycles. The average molecular weight is 361 g/mol. The SMILES string of the molecule is CCN(CC(=O)Nc1ccc(OC(F)(F)F)cc1)CC(=O)NC(C)C. The fraction of sp³-hybridized carbons (Fsp3) is 0.500. The highest BCUT2D eigenvalue weighted by Crippen LogP contribution is 2.23. The molecule has 9 heteroatoms. The maximum absolute atomic E-state index is 12.1. The van der Waals surface area contributed by atoms with Crippen LogP contribution in [0.15, 0.2) is 24.3 Å². The standard InChI is InChI=1S/C16H22F3N3O3/c1-4-22(9-14(23)20-11(2)3)10-15(24)21-12-5-7-13(8-6-12)25-16(17,18)19/h5-8,11H,4,9-10H2,1-3H3,(H,20,23)(H,21,24). The molecular formula is C16H22F3N3O3. The van der Waals surface area contributed by atoms with E-state index in [9.17, 15) is 22.8 Å². The zero-order valence-corrected chi connectivity index (χ0v) is 14.3. The van der Waals surface area contributed by atoms with Gasteiger partial charge in [0.25, 0.3) is 0 Å². The van der Waals surface area contributed by atoms with Gasteiger partial charge in [-0.15, -0.1) is 13.2 Å². The summed E-state index contributed by atoms with van der Waals surface area (Å²) in [5.41, 5.74) is 0.335. The van der Waals surface area contributed by atoms with Crippen LogP contribution in [0, 0.1) is 0 Å². The number of hydrogen-bond donors (Lipinski definition) is 2. The Morgan fingerprint density at radius 2 is 1.68 bits per heavy atom. The Balaban J connectivity index is 2.53. The number of amides is 2. The molecule has 2 N–H and O–H groups in total. The van der Waals surface area contributed by atoms with Crippen molar-refractivity contribution >= 4 is 17.5 Å². The van der Waals surface area contributed by atoms with E-state index in [1.807, 2.05) is 20.8 Å². The monoisotopic (exact) mass is 361 g/mol. The average Bonchev–Trinajstić information content (AvgIpc) is 2.46. The molecule has 0 aliphatic rings. The molecule has 0 atom stereocenters. The first-order valence-corrected chi connectivity index (χ1v) is 7.76. The Morgan fingerprint density at radius 3 is 2.16 bits per heavy atom. The number of anilines is 1. The smallest absolute Gasteiger partial charge is 0.406 e. The maximum atomic E-state index is 12.1. The van der Waals surface area contributed by atoms with E-state index in [-0.39, 0.29) is 36.7 Å². The van der Waals surface area contributed by atoms with Gasteiger partial charge in [-0.3, -0.25) is 14.5 Å². The van der Waals surface area contributed by atoms with Gasteiger partial charge in [0.1, 0.15) is 5.75 Å². The number of halogens is 3. The van der Waals surface area contributed by atoms with Gasteiger partial charge in [-0.1, -0.05) is 6.92 Å². The second-order valence-corrected chi connectivity index (χ2v) is 5.65. The fourth-order valence-electron chi connectivity index (χ4n) is 1.99. The number of likely N-dealkylation sites (N-methyl/N-ethyl adjacent to an activating group) is 1. The van der Waals surface area contributed by atoms with Gasteiger partial charge in [0.05, 0.1) is 13.1 Å². The van der Waals surface area contributed by atoms with Crippen molar-refractivity contribution in [3.05, 3.63) is 24.3 Å². The Bertz CT molecular complexity index is 574. The predicted octanol–water partition coefficient (Wildman–Crippen LogP) is 2.37.